The Morgan fingerprint density at radius 1 is 1.22 bits per heavy atom. The van der Waals surface area contributed by atoms with Gasteiger partial charge in [-0.3, -0.25) is 5.43 Å². The molecule has 2 aromatic rings. The van der Waals surface area contributed by atoms with Gasteiger partial charge in [-0.2, -0.15) is 5.10 Å². The topological polar surface area (TPSA) is 70.9 Å². The highest BCUT2D eigenvalue weighted by atomic mass is 19.1. The zero-order chi connectivity index (χ0) is 16.2. The molecular formula is C17H15FN2O3. The van der Waals surface area contributed by atoms with E-state index in [4.69, 9.17) is 9.84 Å². The Labute approximate surface area is 132 Å². The van der Waals surface area contributed by atoms with Crippen LogP contribution in [0.5, 0.6) is 5.75 Å². The largest absolute Gasteiger partial charge is 0.493 e. The van der Waals surface area contributed by atoms with Crippen LogP contribution in [0.4, 0.5) is 10.1 Å². The van der Waals surface area contributed by atoms with Crippen LogP contribution in [0.3, 0.4) is 0 Å². The van der Waals surface area contributed by atoms with Crippen molar-refractivity contribution in [2.45, 2.75) is 12.8 Å². The molecule has 0 aliphatic carbocycles. The molecule has 2 aromatic carbocycles. The first-order chi connectivity index (χ1) is 11.1. The number of hydrogen-bond acceptors (Lipinski definition) is 4. The number of benzene rings is 2. The number of hydrazone groups is 1. The maximum absolute atomic E-state index is 13.5. The second-order valence-electron chi connectivity index (χ2n) is 5.15. The number of nitrogens with zero attached hydrogens (tertiary/aromatic N) is 1. The predicted molar refractivity (Wildman–Crippen MR) is 84.7 cm³/mol. The van der Waals surface area contributed by atoms with E-state index in [0.29, 0.717) is 35.7 Å². The number of halogens is 1. The molecule has 0 bridgehead atoms. The summed E-state index contributed by atoms with van der Waals surface area (Å²) in [5.41, 5.74) is 5.09. The Morgan fingerprint density at radius 3 is 2.74 bits per heavy atom. The van der Waals surface area contributed by atoms with E-state index in [1.807, 2.05) is 0 Å². The second-order valence-corrected chi connectivity index (χ2v) is 5.15. The zero-order valence-electron chi connectivity index (χ0n) is 12.3. The van der Waals surface area contributed by atoms with Crippen molar-refractivity contribution in [2.75, 3.05) is 12.0 Å². The minimum atomic E-state index is -0.979. The van der Waals surface area contributed by atoms with Crippen LogP contribution >= 0.6 is 0 Å². The number of rotatable bonds is 3. The summed E-state index contributed by atoms with van der Waals surface area (Å²) >= 11 is 0. The van der Waals surface area contributed by atoms with Crippen molar-refractivity contribution < 1.29 is 19.0 Å². The number of ether oxygens (including phenoxy) is 1. The molecule has 0 saturated heterocycles. The zero-order valence-corrected chi connectivity index (χ0v) is 12.3. The van der Waals surface area contributed by atoms with E-state index >= 15 is 0 Å². The van der Waals surface area contributed by atoms with Gasteiger partial charge in [-0.1, -0.05) is 0 Å². The van der Waals surface area contributed by atoms with E-state index in [0.717, 1.165) is 6.42 Å². The summed E-state index contributed by atoms with van der Waals surface area (Å²) in [6, 6.07) is 10.6. The predicted octanol–water partition coefficient (Wildman–Crippen LogP) is 3.51. The highest BCUT2D eigenvalue weighted by molar-refractivity contribution is 6.03. The molecule has 5 nitrogen and oxygen atoms in total. The molecule has 3 rings (SSSR count). The van der Waals surface area contributed by atoms with Gasteiger partial charge in [0, 0.05) is 5.56 Å². The maximum Gasteiger partial charge on any atom is 0.335 e. The van der Waals surface area contributed by atoms with Gasteiger partial charge in [0.1, 0.15) is 11.6 Å². The number of carbonyl (C=O) groups is 1. The Bertz CT molecular complexity index is 757. The van der Waals surface area contributed by atoms with Crippen LogP contribution in [0.1, 0.15) is 28.8 Å². The third kappa shape index (κ3) is 3.48. The lowest BCUT2D eigenvalue weighted by Gasteiger charge is -2.09. The molecule has 2 N–H and O–H groups in total. The maximum atomic E-state index is 13.5. The van der Waals surface area contributed by atoms with Crippen LogP contribution in [0.15, 0.2) is 47.6 Å². The summed E-state index contributed by atoms with van der Waals surface area (Å²) in [7, 11) is 0. The van der Waals surface area contributed by atoms with Gasteiger partial charge in [0.25, 0.3) is 0 Å². The molecule has 23 heavy (non-hydrogen) atoms. The number of carboxylic acids is 1. The highest BCUT2D eigenvalue weighted by Gasteiger charge is 2.16. The average Bonchev–Trinajstić information content (AvgIpc) is 2.75. The summed E-state index contributed by atoms with van der Waals surface area (Å²) in [6.07, 6.45) is 1.45. The van der Waals surface area contributed by atoms with E-state index in [-0.39, 0.29) is 11.4 Å². The average molecular weight is 314 g/mol. The number of aromatic carboxylic acids is 1. The molecule has 1 heterocycles. The Morgan fingerprint density at radius 2 is 2.00 bits per heavy atom. The lowest BCUT2D eigenvalue weighted by atomic mass is 10.1. The number of carboxylic acid groups (broad SMARTS) is 1. The van der Waals surface area contributed by atoms with Crippen molar-refractivity contribution in [1.82, 2.24) is 0 Å². The van der Waals surface area contributed by atoms with Gasteiger partial charge in [0.2, 0.25) is 0 Å². The van der Waals surface area contributed by atoms with Crippen LogP contribution in [0, 0.1) is 5.82 Å². The third-order valence-corrected chi connectivity index (χ3v) is 3.52. The summed E-state index contributed by atoms with van der Waals surface area (Å²) in [5.74, 6) is -0.702. The summed E-state index contributed by atoms with van der Waals surface area (Å²) < 4.78 is 19.1. The Balaban J connectivity index is 1.84. The van der Waals surface area contributed by atoms with E-state index < -0.39 is 5.97 Å². The third-order valence-electron chi connectivity index (χ3n) is 3.52. The van der Waals surface area contributed by atoms with Crippen LogP contribution in [-0.4, -0.2) is 23.4 Å². The first-order valence-electron chi connectivity index (χ1n) is 7.22. The second kappa shape index (κ2) is 6.48. The monoisotopic (exact) mass is 314 g/mol. The minimum Gasteiger partial charge on any atom is -0.493 e. The molecule has 0 unspecified atom stereocenters. The number of hydrogen-bond donors (Lipinski definition) is 2. The van der Waals surface area contributed by atoms with Crippen LogP contribution < -0.4 is 10.2 Å². The number of nitrogens with one attached hydrogen (secondary N) is 1. The van der Waals surface area contributed by atoms with Crippen molar-refractivity contribution in [3.05, 3.63) is 59.4 Å². The van der Waals surface area contributed by atoms with Crippen LogP contribution in [0.25, 0.3) is 0 Å². The van der Waals surface area contributed by atoms with Gasteiger partial charge in [0.05, 0.1) is 23.6 Å². The van der Waals surface area contributed by atoms with Gasteiger partial charge in [-0.05, 0) is 55.3 Å². The molecular weight excluding hydrogens is 299 g/mol. The lowest BCUT2D eigenvalue weighted by Crippen LogP contribution is -2.04. The van der Waals surface area contributed by atoms with Crippen molar-refractivity contribution >= 4 is 17.4 Å². The van der Waals surface area contributed by atoms with Crippen molar-refractivity contribution in [1.29, 1.82) is 0 Å². The fourth-order valence-electron chi connectivity index (χ4n) is 2.35. The fraction of sp³-hybridized carbons (Fsp3) is 0.176. The molecule has 0 aromatic heterocycles. The molecule has 0 spiro atoms. The van der Waals surface area contributed by atoms with Crippen molar-refractivity contribution in [3.8, 4) is 5.75 Å². The van der Waals surface area contributed by atoms with Gasteiger partial charge < -0.3 is 9.84 Å². The van der Waals surface area contributed by atoms with Gasteiger partial charge >= 0.3 is 5.97 Å². The molecule has 0 saturated carbocycles. The Hall–Kier alpha value is -2.89. The molecule has 1 aliphatic rings. The molecule has 6 heteroatoms. The SMILES string of the molecule is O=C(O)c1ccc(NN=C2CCCOc3ccc(F)cc32)cc1. The Kier molecular flexibility index (Phi) is 4.23. The molecule has 0 fully saturated rings. The summed E-state index contributed by atoms with van der Waals surface area (Å²) in [4.78, 5) is 10.8. The van der Waals surface area contributed by atoms with E-state index in [1.165, 1.54) is 24.3 Å². The molecule has 1 aliphatic heterocycles. The smallest absolute Gasteiger partial charge is 0.335 e. The van der Waals surface area contributed by atoms with E-state index in [9.17, 15) is 9.18 Å². The van der Waals surface area contributed by atoms with E-state index in [1.54, 1.807) is 18.2 Å². The molecule has 0 atom stereocenters. The van der Waals surface area contributed by atoms with Gasteiger partial charge in [-0.25, -0.2) is 9.18 Å². The lowest BCUT2D eigenvalue weighted by molar-refractivity contribution is 0.0697. The molecule has 118 valence electrons. The number of anilines is 1. The highest BCUT2D eigenvalue weighted by Crippen LogP contribution is 2.25. The summed E-state index contributed by atoms with van der Waals surface area (Å²) in [6.45, 7) is 0.560. The van der Waals surface area contributed by atoms with Crippen molar-refractivity contribution in [3.63, 3.8) is 0 Å². The molecule has 0 amide bonds. The summed E-state index contributed by atoms with van der Waals surface area (Å²) in [5, 5.41) is 13.2. The minimum absolute atomic E-state index is 0.207. The van der Waals surface area contributed by atoms with Gasteiger partial charge in [0.15, 0.2) is 0 Å². The van der Waals surface area contributed by atoms with Crippen LogP contribution in [0.2, 0.25) is 0 Å². The standard InChI is InChI=1S/C17H15FN2O3/c18-12-5-8-16-14(10-12)15(2-1-9-23-16)20-19-13-6-3-11(4-7-13)17(21)22/h3-8,10,19H,1-2,9H2,(H,21,22). The van der Waals surface area contributed by atoms with E-state index in [2.05, 4.69) is 10.5 Å². The van der Waals surface area contributed by atoms with Gasteiger partial charge in [-0.15, -0.1) is 0 Å². The quantitative estimate of drug-likeness (QED) is 0.851. The fourth-order valence-corrected chi connectivity index (χ4v) is 2.35. The van der Waals surface area contributed by atoms with Crippen LogP contribution in [-0.2, 0) is 0 Å². The normalized spacial score (nSPS) is 15.4. The molecule has 0 radical (unpaired) electrons. The number of fused-ring (bicyclic) bond motifs is 1. The first kappa shape index (κ1) is 15.0. The van der Waals surface area contributed by atoms with Crippen molar-refractivity contribution in [2.24, 2.45) is 5.10 Å². The first-order valence-corrected chi connectivity index (χ1v) is 7.22.